The van der Waals surface area contributed by atoms with Crippen LogP contribution < -0.4 is 10.1 Å². The molecule has 0 fully saturated rings. The van der Waals surface area contributed by atoms with Gasteiger partial charge < -0.3 is 24.3 Å². The lowest BCUT2D eigenvalue weighted by molar-refractivity contribution is -0.157. The van der Waals surface area contributed by atoms with Crippen molar-refractivity contribution in [1.82, 2.24) is 5.32 Å². The lowest BCUT2D eigenvalue weighted by atomic mass is 10.1. The number of esters is 2. The van der Waals surface area contributed by atoms with E-state index in [1.807, 2.05) is 0 Å². The summed E-state index contributed by atoms with van der Waals surface area (Å²) in [6.45, 7) is 12.3. The molecule has 1 N–H and O–H groups in total. The molecule has 1 amide bonds. The van der Waals surface area contributed by atoms with Crippen LogP contribution in [0.25, 0.3) is 0 Å². The lowest BCUT2D eigenvalue weighted by Gasteiger charge is -2.26. The van der Waals surface area contributed by atoms with Crippen LogP contribution in [0.3, 0.4) is 0 Å². The van der Waals surface area contributed by atoms with Crippen molar-refractivity contribution in [1.29, 1.82) is 0 Å². The van der Waals surface area contributed by atoms with E-state index in [9.17, 15) is 14.4 Å². The van der Waals surface area contributed by atoms with Crippen LogP contribution in [0.5, 0.6) is 5.75 Å². The Bertz CT molecular complexity index is 714. The maximum absolute atomic E-state index is 12.6. The third-order valence-corrected chi connectivity index (χ3v) is 3.41. The summed E-state index contributed by atoms with van der Waals surface area (Å²) in [5.41, 5.74) is -0.624. The molecule has 30 heavy (non-hydrogen) atoms. The normalized spacial score (nSPS) is 12.5. The maximum atomic E-state index is 12.6. The van der Waals surface area contributed by atoms with E-state index in [-0.39, 0.29) is 19.6 Å². The molecule has 0 heterocycles. The van der Waals surface area contributed by atoms with Crippen molar-refractivity contribution >= 4 is 18.0 Å². The summed E-state index contributed by atoms with van der Waals surface area (Å²) in [6.07, 6.45) is -0.500. The van der Waals surface area contributed by atoms with Gasteiger partial charge in [-0.1, -0.05) is 12.1 Å². The zero-order valence-electron chi connectivity index (χ0n) is 18.9. The first-order chi connectivity index (χ1) is 13.8. The van der Waals surface area contributed by atoms with Crippen LogP contribution in [0.15, 0.2) is 24.3 Å². The summed E-state index contributed by atoms with van der Waals surface area (Å²) in [7, 11) is 0. The Hall–Kier alpha value is -2.77. The van der Waals surface area contributed by atoms with E-state index in [4.69, 9.17) is 18.9 Å². The van der Waals surface area contributed by atoms with Crippen molar-refractivity contribution in [3.8, 4) is 5.75 Å². The summed E-state index contributed by atoms with van der Waals surface area (Å²) >= 11 is 0. The second-order valence-corrected chi connectivity index (χ2v) is 8.67. The van der Waals surface area contributed by atoms with Crippen molar-refractivity contribution in [3.05, 3.63) is 29.8 Å². The van der Waals surface area contributed by atoms with E-state index < -0.39 is 35.3 Å². The highest BCUT2D eigenvalue weighted by Gasteiger charge is 2.29. The van der Waals surface area contributed by atoms with E-state index in [0.717, 1.165) is 5.56 Å². The van der Waals surface area contributed by atoms with Crippen molar-refractivity contribution < 1.29 is 33.3 Å². The minimum Gasteiger partial charge on any atom is -0.482 e. The summed E-state index contributed by atoms with van der Waals surface area (Å²) in [6, 6.07) is 5.91. The summed E-state index contributed by atoms with van der Waals surface area (Å²) in [4.78, 5) is 36.2. The molecule has 168 valence electrons. The molecule has 1 aromatic carbocycles. The number of nitrogens with one attached hydrogen (secondary N) is 1. The van der Waals surface area contributed by atoms with Gasteiger partial charge in [-0.3, -0.25) is 0 Å². The molecule has 0 aliphatic heterocycles. The van der Waals surface area contributed by atoms with Gasteiger partial charge in [0.2, 0.25) is 0 Å². The highest BCUT2D eigenvalue weighted by atomic mass is 16.6. The van der Waals surface area contributed by atoms with Gasteiger partial charge in [-0.05, 0) is 66.2 Å². The van der Waals surface area contributed by atoms with E-state index in [0.29, 0.717) is 5.75 Å². The number of hydrogen-bond acceptors (Lipinski definition) is 7. The minimum atomic E-state index is -0.926. The Labute approximate surface area is 178 Å². The van der Waals surface area contributed by atoms with Gasteiger partial charge in [0.15, 0.2) is 6.61 Å². The molecular weight excluding hydrogens is 390 g/mol. The zero-order chi connectivity index (χ0) is 22.9. The Morgan fingerprint density at radius 2 is 1.50 bits per heavy atom. The third-order valence-electron chi connectivity index (χ3n) is 3.41. The lowest BCUT2D eigenvalue weighted by Crippen LogP contribution is -2.47. The molecule has 1 atom stereocenters. The smallest absolute Gasteiger partial charge is 0.408 e. The highest BCUT2D eigenvalue weighted by molar-refractivity contribution is 5.82. The average Bonchev–Trinajstić information content (AvgIpc) is 2.57. The highest BCUT2D eigenvalue weighted by Crippen LogP contribution is 2.16. The number of rotatable bonds is 8. The molecule has 0 saturated carbocycles. The van der Waals surface area contributed by atoms with Crippen molar-refractivity contribution in [2.75, 3.05) is 13.2 Å². The van der Waals surface area contributed by atoms with Crippen LogP contribution in [0.2, 0.25) is 0 Å². The molecule has 8 nitrogen and oxygen atoms in total. The molecule has 0 radical (unpaired) electrons. The van der Waals surface area contributed by atoms with Crippen LogP contribution in [0, 0.1) is 0 Å². The summed E-state index contributed by atoms with van der Waals surface area (Å²) in [5, 5.41) is 2.59. The van der Waals surface area contributed by atoms with E-state index >= 15 is 0 Å². The van der Waals surface area contributed by atoms with Gasteiger partial charge in [0, 0.05) is 6.42 Å². The van der Waals surface area contributed by atoms with Gasteiger partial charge >= 0.3 is 18.0 Å². The van der Waals surface area contributed by atoms with Gasteiger partial charge in [-0.15, -0.1) is 0 Å². The van der Waals surface area contributed by atoms with E-state index in [2.05, 4.69) is 5.32 Å². The number of benzene rings is 1. The minimum absolute atomic E-state index is 0.187. The standard InChI is InChI=1S/C22H33NO7/c1-8-27-18(24)14-28-16-11-9-15(10-12-16)13-17(19(25)29-21(2,3)4)23-20(26)30-22(5,6)7/h9-12,17H,8,13-14H2,1-7H3,(H,23,26)/t17-/m1/s1. The number of carbonyl (C=O) groups is 3. The third kappa shape index (κ3) is 10.7. The van der Waals surface area contributed by atoms with Crippen LogP contribution in [0.4, 0.5) is 4.79 Å². The Morgan fingerprint density at radius 3 is 2.00 bits per heavy atom. The van der Waals surface area contributed by atoms with Crippen LogP contribution in [-0.2, 0) is 30.2 Å². The first kappa shape index (κ1) is 25.3. The molecule has 0 aliphatic rings. The van der Waals surface area contributed by atoms with E-state index in [1.165, 1.54) is 0 Å². The first-order valence-corrected chi connectivity index (χ1v) is 9.89. The molecule has 0 unspecified atom stereocenters. The molecule has 0 bridgehead atoms. The Kier molecular flexibility index (Phi) is 9.14. The number of alkyl carbamates (subject to hydrolysis) is 1. The number of amides is 1. The quantitative estimate of drug-likeness (QED) is 0.505. The first-order valence-electron chi connectivity index (χ1n) is 9.89. The predicted octanol–water partition coefficient (Wildman–Crippen LogP) is 3.41. The second-order valence-electron chi connectivity index (χ2n) is 8.67. The molecule has 8 heteroatoms. The zero-order valence-corrected chi connectivity index (χ0v) is 18.9. The van der Waals surface area contributed by atoms with Crippen molar-refractivity contribution in [2.24, 2.45) is 0 Å². The van der Waals surface area contributed by atoms with Gasteiger partial charge in [0.25, 0.3) is 0 Å². The summed E-state index contributed by atoms with van der Waals surface area (Å²) in [5.74, 6) is -0.523. The largest absolute Gasteiger partial charge is 0.482 e. The maximum Gasteiger partial charge on any atom is 0.408 e. The van der Waals surface area contributed by atoms with Crippen molar-refractivity contribution in [3.63, 3.8) is 0 Å². The van der Waals surface area contributed by atoms with E-state index in [1.54, 1.807) is 72.7 Å². The average molecular weight is 424 g/mol. The van der Waals surface area contributed by atoms with Gasteiger partial charge in [0.1, 0.15) is 23.0 Å². The van der Waals surface area contributed by atoms with Crippen LogP contribution in [0.1, 0.15) is 54.0 Å². The fourth-order valence-corrected chi connectivity index (χ4v) is 2.32. The molecule has 1 rings (SSSR count). The Morgan fingerprint density at radius 1 is 0.933 bits per heavy atom. The molecule has 0 spiro atoms. The second kappa shape index (κ2) is 10.8. The number of ether oxygens (including phenoxy) is 4. The van der Waals surface area contributed by atoms with Crippen LogP contribution >= 0.6 is 0 Å². The fourth-order valence-electron chi connectivity index (χ4n) is 2.32. The van der Waals surface area contributed by atoms with Crippen molar-refractivity contribution in [2.45, 2.75) is 72.1 Å². The number of hydrogen-bond donors (Lipinski definition) is 1. The molecular formula is C22H33NO7. The van der Waals surface area contributed by atoms with Gasteiger partial charge in [-0.2, -0.15) is 0 Å². The number of carbonyl (C=O) groups excluding carboxylic acids is 3. The van der Waals surface area contributed by atoms with Gasteiger partial charge in [-0.25, -0.2) is 14.4 Å². The summed E-state index contributed by atoms with van der Waals surface area (Å²) < 4.78 is 20.9. The topological polar surface area (TPSA) is 100 Å². The Balaban J connectivity index is 2.83. The SMILES string of the molecule is CCOC(=O)COc1ccc(C[C@@H](NC(=O)OC(C)(C)C)C(=O)OC(C)(C)C)cc1. The fraction of sp³-hybridized carbons (Fsp3) is 0.591. The molecule has 1 aromatic rings. The molecule has 0 aliphatic carbocycles. The monoisotopic (exact) mass is 423 g/mol. The van der Waals surface area contributed by atoms with Crippen LogP contribution in [-0.4, -0.2) is 48.5 Å². The molecule has 0 saturated heterocycles. The van der Waals surface area contributed by atoms with Gasteiger partial charge in [0.05, 0.1) is 6.61 Å². The molecule has 0 aromatic heterocycles. The predicted molar refractivity (Wildman–Crippen MR) is 111 cm³/mol.